The summed E-state index contributed by atoms with van der Waals surface area (Å²) < 4.78 is 1.99. The first kappa shape index (κ1) is 20.9. The van der Waals surface area contributed by atoms with Crippen molar-refractivity contribution in [2.45, 2.75) is 65.8 Å². The molecule has 8 heteroatoms. The first-order chi connectivity index (χ1) is 13.8. The molecule has 0 aliphatic heterocycles. The first-order valence-corrected chi connectivity index (χ1v) is 10.0. The maximum absolute atomic E-state index is 10.1. The lowest BCUT2D eigenvalue weighted by Crippen LogP contribution is -2.31. The average Bonchev–Trinajstić information content (AvgIpc) is 3.10. The number of rotatable bonds is 8. The van der Waals surface area contributed by atoms with Crippen molar-refractivity contribution in [2.75, 3.05) is 10.6 Å². The van der Waals surface area contributed by atoms with E-state index in [1.165, 1.54) is 0 Å². The van der Waals surface area contributed by atoms with Crippen LogP contribution in [-0.2, 0) is 6.54 Å². The van der Waals surface area contributed by atoms with Crippen LogP contribution in [-0.4, -0.2) is 41.9 Å². The van der Waals surface area contributed by atoms with Crippen molar-refractivity contribution in [1.82, 2.24) is 19.5 Å². The Labute approximate surface area is 171 Å². The summed E-state index contributed by atoms with van der Waals surface area (Å²) in [4.78, 5) is 13.8. The number of hydrogen-bond acceptors (Lipinski definition) is 7. The number of phenols is 1. The van der Waals surface area contributed by atoms with Gasteiger partial charge in [0.05, 0.1) is 18.5 Å². The fourth-order valence-electron chi connectivity index (χ4n) is 3.25. The molecular formula is C21H30N6O2. The number of phenolic OH excluding ortho intramolecular Hbond substituents is 1. The fraction of sp³-hybridized carbons (Fsp3) is 0.476. The van der Waals surface area contributed by atoms with E-state index in [-0.39, 0.29) is 17.8 Å². The number of nitrogens with one attached hydrogen (secondary N) is 2. The van der Waals surface area contributed by atoms with Crippen LogP contribution in [0.15, 0.2) is 24.5 Å². The molecule has 29 heavy (non-hydrogen) atoms. The van der Waals surface area contributed by atoms with E-state index >= 15 is 0 Å². The van der Waals surface area contributed by atoms with Gasteiger partial charge in [0, 0.05) is 18.2 Å². The molecule has 0 bridgehead atoms. The molecule has 2 heterocycles. The van der Waals surface area contributed by atoms with Crippen molar-refractivity contribution in [3.63, 3.8) is 0 Å². The highest BCUT2D eigenvalue weighted by atomic mass is 16.3. The van der Waals surface area contributed by atoms with Gasteiger partial charge in [-0.15, -0.1) is 0 Å². The SMILES string of the molecule is CCC(Nc1nc(NCc2cc(C)ccc2O)c2ncn(C(C)C)c2n1)C(C)O. The summed E-state index contributed by atoms with van der Waals surface area (Å²) in [6.45, 7) is 10.3. The number of nitrogens with zero attached hydrogens (tertiary/aromatic N) is 4. The summed E-state index contributed by atoms with van der Waals surface area (Å²) in [7, 11) is 0. The number of fused-ring (bicyclic) bond motifs is 1. The van der Waals surface area contributed by atoms with Gasteiger partial charge in [-0.1, -0.05) is 24.6 Å². The number of benzene rings is 1. The Bertz CT molecular complexity index is 983. The van der Waals surface area contributed by atoms with Crippen molar-refractivity contribution in [2.24, 2.45) is 0 Å². The first-order valence-electron chi connectivity index (χ1n) is 10.0. The van der Waals surface area contributed by atoms with E-state index in [0.717, 1.165) is 17.5 Å². The average molecular weight is 399 g/mol. The molecule has 0 aliphatic rings. The zero-order valence-corrected chi connectivity index (χ0v) is 17.6. The van der Waals surface area contributed by atoms with Crippen molar-refractivity contribution in [3.8, 4) is 5.75 Å². The largest absolute Gasteiger partial charge is 0.508 e. The van der Waals surface area contributed by atoms with E-state index in [9.17, 15) is 10.2 Å². The number of aliphatic hydroxyl groups is 1. The van der Waals surface area contributed by atoms with Gasteiger partial charge < -0.3 is 25.4 Å². The predicted octanol–water partition coefficient (Wildman–Crippen LogP) is 3.60. The van der Waals surface area contributed by atoms with E-state index < -0.39 is 6.10 Å². The Morgan fingerprint density at radius 2 is 1.93 bits per heavy atom. The van der Waals surface area contributed by atoms with Crippen LogP contribution < -0.4 is 10.6 Å². The molecule has 156 valence electrons. The number of aliphatic hydroxyl groups excluding tert-OH is 1. The van der Waals surface area contributed by atoms with Crippen LogP contribution in [0.1, 0.15) is 51.3 Å². The molecular weight excluding hydrogens is 368 g/mol. The molecule has 0 aliphatic carbocycles. The Morgan fingerprint density at radius 3 is 2.59 bits per heavy atom. The Hall–Kier alpha value is -2.87. The van der Waals surface area contributed by atoms with E-state index in [2.05, 4.69) is 39.4 Å². The second kappa shape index (κ2) is 8.65. The molecule has 0 radical (unpaired) electrons. The number of hydrogen-bond donors (Lipinski definition) is 4. The molecule has 2 unspecified atom stereocenters. The molecule has 8 nitrogen and oxygen atoms in total. The molecule has 2 atom stereocenters. The topological polar surface area (TPSA) is 108 Å². The van der Waals surface area contributed by atoms with Crippen molar-refractivity contribution in [1.29, 1.82) is 0 Å². The summed E-state index contributed by atoms with van der Waals surface area (Å²) in [6, 6.07) is 5.53. The van der Waals surface area contributed by atoms with E-state index in [1.807, 2.05) is 30.5 Å². The van der Waals surface area contributed by atoms with Crippen LogP contribution >= 0.6 is 0 Å². The lowest BCUT2D eigenvalue weighted by Gasteiger charge is -2.20. The Kier molecular flexibility index (Phi) is 6.22. The van der Waals surface area contributed by atoms with Crippen molar-refractivity contribution >= 4 is 22.9 Å². The second-order valence-corrected chi connectivity index (χ2v) is 7.70. The van der Waals surface area contributed by atoms with Crippen LogP contribution in [0.5, 0.6) is 5.75 Å². The summed E-state index contributed by atoms with van der Waals surface area (Å²) in [6.07, 6.45) is 1.97. The zero-order valence-electron chi connectivity index (χ0n) is 17.6. The molecule has 2 aromatic heterocycles. The zero-order chi connectivity index (χ0) is 21.1. The fourth-order valence-corrected chi connectivity index (χ4v) is 3.25. The van der Waals surface area contributed by atoms with Gasteiger partial charge in [-0.25, -0.2) is 4.98 Å². The number of aromatic hydroxyl groups is 1. The third kappa shape index (κ3) is 4.59. The standard InChI is InChI=1S/C21H30N6O2/c1-6-16(14(5)28)24-21-25-19(18-20(26-21)27(11-23-18)12(2)3)22-10-15-9-13(4)7-8-17(15)29/h7-9,11-12,14,16,28-29H,6,10H2,1-5H3,(H2,22,24,25,26). The van der Waals surface area contributed by atoms with Gasteiger partial charge in [0.15, 0.2) is 17.0 Å². The molecule has 0 amide bonds. The van der Waals surface area contributed by atoms with Gasteiger partial charge in [-0.3, -0.25) is 0 Å². The Morgan fingerprint density at radius 1 is 1.17 bits per heavy atom. The van der Waals surface area contributed by atoms with Crippen LogP contribution in [0.2, 0.25) is 0 Å². The molecule has 4 N–H and O–H groups in total. The minimum Gasteiger partial charge on any atom is -0.508 e. The number of anilines is 2. The van der Waals surface area contributed by atoms with Gasteiger partial charge in [0.2, 0.25) is 5.95 Å². The molecule has 3 rings (SSSR count). The van der Waals surface area contributed by atoms with Crippen LogP contribution in [0.25, 0.3) is 11.2 Å². The van der Waals surface area contributed by atoms with Crippen molar-refractivity contribution < 1.29 is 10.2 Å². The third-order valence-corrected chi connectivity index (χ3v) is 5.00. The predicted molar refractivity (Wildman–Crippen MR) is 115 cm³/mol. The van der Waals surface area contributed by atoms with Crippen LogP contribution in [0.3, 0.4) is 0 Å². The van der Waals surface area contributed by atoms with Crippen LogP contribution in [0, 0.1) is 6.92 Å². The maximum atomic E-state index is 10.1. The van der Waals surface area contributed by atoms with Gasteiger partial charge in [0.25, 0.3) is 0 Å². The minimum atomic E-state index is -0.532. The summed E-state index contributed by atoms with van der Waals surface area (Å²) >= 11 is 0. The lowest BCUT2D eigenvalue weighted by atomic mass is 10.1. The number of aromatic nitrogens is 4. The maximum Gasteiger partial charge on any atom is 0.227 e. The highest BCUT2D eigenvalue weighted by molar-refractivity contribution is 5.84. The minimum absolute atomic E-state index is 0.156. The second-order valence-electron chi connectivity index (χ2n) is 7.70. The number of aryl methyl sites for hydroxylation is 1. The lowest BCUT2D eigenvalue weighted by molar-refractivity contribution is 0.169. The molecule has 0 saturated heterocycles. The van der Waals surface area contributed by atoms with E-state index in [0.29, 0.717) is 29.5 Å². The molecule has 3 aromatic rings. The molecule has 0 fully saturated rings. The molecule has 0 spiro atoms. The van der Waals surface area contributed by atoms with Crippen LogP contribution in [0.4, 0.5) is 11.8 Å². The summed E-state index contributed by atoms with van der Waals surface area (Å²) in [5.74, 6) is 1.25. The monoisotopic (exact) mass is 398 g/mol. The highest BCUT2D eigenvalue weighted by Gasteiger charge is 2.18. The molecule has 1 aromatic carbocycles. The third-order valence-electron chi connectivity index (χ3n) is 5.00. The summed E-state index contributed by atoms with van der Waals surface area (Å²) in [5.41, 5.74) is 3.24. The van der Waals surface area contributed by atoms with Gasteiger partial charge in [0.1, 0.15) is 5.75 Å². The van der Waals surface area contributed by atoms with E-state index in [1.54, 1.807) is 19.3 Å². The van der Waals surface area contributed by atoms with Gasteiger partial charge >= 0.3 is 0 Å². The quantitative estimate of drug-likeness (QED) is 0.459. The van der Waals surface area contributed by atoms with Gasteiger partial charge in [-0.05, 0) is 40.2 Å². The van der Waals surface area contributed by atoms with E-state index in [4.69, 9.17) is 0 Å². The Balaban J connectivity index is 1.98. The smallest absolute Gasteiger partial charge is 0.227 e. The van der Waals surface area contributed by atoms with Gasteiger partial charge in [-0.2, -0.15) is 9.97 Å². The molecule has 0 saturated carbocycles. The van der Waals surface area contributed by atoms with Crippen molar-refractivity contribution in [3.05, 3.63) is 35.7 Å². The summed E-state index contributed by atoms with van der Waals surface area (Å²) in [5, 5.41) is 26.7. The highest BCUT2D eigenvalue weighted by Crippen LogP contribution is 2.26. The number of imidazole rings is 1. The normalized spacial score (nSPS) is 13.6.